The van der Waals surface area contributed by atoms with Crippen LogP contribution in [0.3, 0.4) is 0 Å². The number of nitrogens with zero attached hydrogens (tertiary/aromatic N) is 1. The number of rotatable bonds is 6. The van der Waals surface area contributed by atoms with Crippen LogP contribution in [0.2, 0.25) is 5.02 Å². The minimum Gasteiger partial charge on any atom is -0.506 e. The lowest BCUT2D eigenvalue weighted by Gasteiger charge is -2.32. The van der Waals surface area contributed by atoms with Crippen molar-refractivity contribution in [2.75, 3.05) is 19.6 Å². The summed E-state index contributed by atoms with van der Waals surface area (Å²) in [5.74, 6) is 0.210. The summed E-state index contributed by atoms with van der Waals surface area (Å²) in [7, 11) is 0. The van der Waals surface area contributed by atoms with Crippen LogP contribution in [0.5, 0.6) is 5.75 Å². The highest BCUT2D eigenvalue weighted by Crippen LogP contribution is 2.27. The molecular formula is C16H25ClN2O. The molecule has 1 aromatic rings. The molecule has 20 heavy (non-hydrogen) atoms. The zero-order valence-electron chi connectivity index (χ0n) is 12.2. The van der Waals surface area contributed by atoms with E-state index in [1.54, 1.807) is 6.07 Å². The van der Waals surface area contributed by atoms with Gasteiger partial charge in [-0.15, -0.1) is 0 Å². The van der Waals surface area contributed by atoms with Gasteiger partial charge in [-0.3, -0.25) is 0 Å². The molecule has 1 aromatic carbocycles. The van der Waals surface area contributed by atoms with Crippen LogP contribution in [-0.2, 0) is 6.54 Å². The van der Waals surface area contributed by atoms with E-state index in [0.29, 0.717) is 17.6 Å². The fraction of sp³-hybridized carbons (Fsp3) is 0.625. The van der Waals surface area contributed by atoms with Crippen LogP contribution in [0, 0.1) is 0 Å². The molecule has 1 fully saturated rings. The Labute approximate surface area is 126 Å². The lowest BCUT2D eigenvalue weighted by molar-refractivity contribution is 0.195. The Bertz CT molecular complexity index is 417. The predicted molar refractivity (Wildman–Crippen MR) is 84.3 cm³/mol. The van der Waals surface area contributed by atoms with E-state index in [1.165, 1.54) is 45.3 Å². The zero-order chi connectivity index (χ0) is 14.4. The number of benzene rings is 1. The Kier molecular flexibility index (Phi) is 6.14. The van der Waals surface area contributed by atoms with E-state index < -0.39 is 0 Å². The second-order valence-electron chi connectivity index (χ2n) is 5.60. The van der Waals surface area contributed by atoms with Crippen molar-refractivity contribution in [2.45, 2.75) is 45.2 Å². The van der Waals surface area contributed by atoms with Gasteiger partial charge in [0.1, 0.15) is 5.75 Å². The van der Waals surface area contributed by atoms with Crippen LogP contribution >= 0.6 is 11.6 Å². The van der Waals surface area contributed by atoms with Gasteiger partial charge in [-0.2, -0.15) is 0 Å². The minimum absolute atomic E-state index is 0.210. The predicted octanol–water partition coefficient (Wildman–Crippen LogP) is 3.40. The molecule has 0 bridgehead atoms. The summed E-state index contributed by atoms with van der Waals surface area (Å²) in [4.78, 5) is 2.55. The molecule has 0 atom stereocenters. The number of phenols is 1. The average molecular weight is 297 g/mol. The highest BCUT2D eigenvalue weighted by molar-refractivity contribution is 6.32. The van der Waals surface area contributed by atoms with Gasteiger partial charge in [0.25, 0.3) is 0 Å². The van der Waals surface area contributed by atoms with Crippen molar-refractivity contribution in [3.63, 3.8) is 0 Å². The number of aromatic hydroxyl groups is 1. The summed E-state index contributed by atoms with van der Waals surface area (Å²) in [5, 5.41) is 13.9. The molecule has 0 amide bonds. The number of para-hydroxylation sites is 1. The molecule has 1 aliphatic heterocycles. The molecule has 0 aliphatic carbocycles. The Hall–Kier alpha value is -0.770. The first-order valence-corrected chi connectivity index (χ1v) is 8.00. The highest BCUT2D eigenvalue weighted by Gasteiger charge is 2.18. The quantitative estimate of drug-likeness (QED) is 0.844. The second-order valence-corrected chi connectivity index (χ2v) is 6.01. The van der Waals surface area contributed by atoms with Crippen molar-refractivity contribution >= 4 is 11.6 Å². The van der Waals surface area contributed by atoms with E-state index in [0.717, 1.165) is 5.56 Å². The maximum Gasteiger partial charge on any atom is 0.138 e. The first-order chi connectivity index (χ1) is 9.70. The topological polar surface area (TPSA) is 35.5 Å². The first kappa shape index (κ1) is 15.6. The number of nitrogens with one attached hydrogen (secondary N) is 1. The molecule has 0 aromatic heterocycles. The number of hydrogen-bond acceptors (Lipinski definition) is 3. The van der Waals surface area contributed by atoms with E-state index in [-0.39, 0.29) is 5.75 Å². The Balaban J connectivity index is 1.74. The van der Waals surface area contributed by atoms with Crippen molar-refractivity contribution in [1.29, 1.82) is 0 Å². The molecule has 1 saturated heterocycles. The largest absolute Gasteiger partial charge is 0.506 e. The van der Waals surface area contributed by atoms with Gasteiger partial charge >= 0.3 is 0 Å². The summed E-state index contributed by atoms with van der Waals surface area (Å²) in [6, 6.07) is 6.06. The van der Waals surface area contributed by atoms with E-state index in [4.69, 9.17) is 11.6 Å². The third-order valence-corrected chi connectivity index (χ3v) is 4.37. The van der Waals surface area contributed by atoms with Crippen molar-refractivity contribution in [1.82, 2.24) is 10.2 Å². The van der Waals surface area contributed by atoms with Gasteiger partial charge < -0.3 is 15.3 Å². The van der Waals surface area contributed by atoms with Gasteiger partial charge in [0, 0.05) is 18.2 Å². The molecule has 1 heterocycles. The molecule has 0 spiro atoms. The summed E-state index contributed by atoms with van der Waals surface area (Å²) < 4.78 is 0. The molecule has 0 radical (unpaired) electrons. The van der Waals surface area contributed by atoms with Gasteiger partial charge in [-0.05, 0) is 45.0 Å². The van der Waals surface area contributed by atoms with Crippen molar-refractivity contribution in [2.24, 2.45) is 0 Å². The third-order valence-electron chi connectivity index (χ3n) is 4.07. The van der Waals surface area contributed by atoms with Crippen molar-refractivity contribution in [3.8, 4) is 5.75 Å². The highest BCUT2D eigenvalue weighted by atomic mass is 35.5. The fourth-order valence-corrected chi connectivity index (χ4v) is 2.89. The molecule has 4 heteroatoms. The lowest BCUT2D eigenvalue weighted by Crippen LogP contribution is -2.42. The maximum absolute atomic E-state index is 9.89. The van der Waals surface area contributed by atoms with Crippen molar-refractivity contribution < 1.29 is 5.11 Å². The smallest absolute Gasteiger partial charge is 0.138 e. The van der Waals surface area contributed by atoms with Crippen LogP contribution in [0.15, 0.2) is 18.2 Å². The van der Waals surface area contributed by atoms with Crippen LogP contribution in [0.4, 0.5) is 0 Å². The van der Waals surface area contributed by atoms with Crippen molar-refractivity contribution in [3.05, 3.63) is 28.8 Å². The number of halogens is 1. The summed E-state index contributed by atoms with van der Waals surface area (Å²) in [6.45, 7) is 6.52. The minimum atomic E-state index is 0.210. The molecule has 2 rings (SSSR count). The van der Waals surface area contributed by atoms with E-state index >= 15 is 0 Å². The van der Waals surface area contributed by atoms with Gasteiger partial charge in [0.2, 0.25) is 0 Å². The molecule has 3 nitrogen and oxygen atoms in total. The number of phenolic OH excluding ortho intramolecular Hbond substituents is 1. The maximum atomic E-state index is 9.89. The van der Waals surface area contributed by atoms with Gasteiger partial charge in [-0.25, -0.2) is 0 Å². The molecule has 2 N–H and O–H groups in total. The number of likely N-dealkylation sites (tertiary alicyclic amines) is 1. The van der Waals surface area contributed by atoms with Crippen LogP contribution in [0.1, 0.15) is 38.2 Å². The van der Waals surface area contributed by atoms with Crippen LogP contribution in [0.25, 0.3) is 0 Å². The average Bonchev–Trinajstić information content (AvgIpc) is 2.48. The molecule has 0 saturated carbocycles. The van der Waals surface area contributed by atoms with E-state index in [2.05, 4.69) is 17.1 Å². The van der Waals surface area contributed by atoms with Gasteiger partial charge in [0.05, 0.1) is 5.02 Å². The van der Waals surface area contributed by atoms with Crippen LogP contribution in [-0.4, -0.2) is 35.7 Å². The summed E-state index contributed by atoms with van der Waals surface area (Å²) >= 11 is 5.92. The SMILES string of the molecule is CCCCN1CCC(NCc2cccc(Cl)c2O)CC1. The summed E-state index contributed by atoms with van der Waals surface area (Å²) in [6.07, 6.45) is 4.94. The van der Waals surface area contributed by atoms with Crippen LogP contribution < -0.4 is 5.32 Å². The monoisotopic (exact) mass is 296 g/mol. The molecule has 112 valence electrons. The number of hydrogen-bond donors (Lipinski definition) is 2. The lowest BCUT2D eigenvalue weighted by atomic mass is 10.0. The molecule has 1 aliphatic rings. The number of unbranched alkanes of at least 4 members (excludes halogenated alkanes) is 1. The summed E-state index contributed by atoms with van der Waals surface area (Å²) in [5.41, 5.74) is 0.880. The Morgan fingerprint density at radius 1 is 1.35 bits per heavy atom. The third kappa shape index (κ3) is 4.37. The molecule has 0 unspecified atom stereocenters. The van der Waals surface area contributed by atoms with E-state index in [9.17, 15) is 5.11 Å². The first-order valence-electron chi connectivity index (χ1n) is 7.62. The number of piperidine rings is 1. The zero-order valence-corrected chi connectivity index (χ0v) is 13.0. The normalized spacial score (nSPS) is 17.5. The standard InChI is InChI=1S/C16H25ClN2O/c1-2-3-9-19-10-7-14(8-11-19)18-12-13-5-4-6-15(17)16(13)20/h4-6,14,18,20H,2-3,7-12H2,1H3. The van der Waals surface area contributed by atoms with Gasteiger partial charge in [0.15, 0.2) is 0 Å². The fourth-order valence-electron chi connectivity index (χ4n) is 2.70. The van der Waals surface area contributed by atoms with E-state index in [1.807, 2.05) is 12.1 Å². The Morgan fingerprint density at radius 2 is 2.10 bits per heavy atom. The molecular weight excluding hydrogens is 272 g/mol. The second kappa shape index (κ2) is 7.87. The Morgan fingerprint density at radius 3 is 2.80 bits per heavy atom. The van der Waals surface area contributed by atoms with Gasteiger partial charge in [-0.1, -0.05) is 37.1 Å².